The Bertz CT molecular complexity index is 909. The predicted octanol–water partition coefficient (Wildman–Crippen LogP) is 1.63. The van der Waals surface area contributed by atoms with Gasteiger partial charge >= 0.3 is 11.9 Å². The number of benzene rings is 2. The van der Waals surface area contributed by atoms with Gasteiger partial charge in [0, 0.05) is 6.92 Å². The van der Waals surface area contributed by atoms with Crippen LogP contribution in [-0.2, 0) is 19.0 Å². The van der Waals surface area contributed by atoms with Crippen LogP contribution in [0.3, 0.4) is 0 Å². The van der Waals surface area contributed by atoms with Crippen molar-refractivity contribution in [1.82, 2.24) is 5.32 Å². The molecule has 3 rings (SSSR count). The molecule has 2 aromatic carbocycles. The Balaban J connectivity index is 1.73. The Hall–Kier alpha value is -3.30. The number of carbonyl (C=O) groups is 3. The fourth-order valence-corrected chi connectivity index (χ4v) is 3.15. The molecule has 8 nitrogen and oxygen atoms in total. The van der Waals surface area contributed by atoms with Gasteiger partial charge in [-0.3, -0.25) is 4.79 Å². The van der Waals surface area contributed by atoms with Crippen LogP contribution in [0.25, 0.3) is 0 Å². The van der Waals surface area contributed by atoms with Crippen molar-refractivity contribution < 1.29 is 38.1 Å². The smallest absolute Gasteiger partial charge is 0.338 e. The zero-order valence-corrected chi connectivity index (χ0v) is 16.6. The molecule has 0 saturated carbocycles. The molecule has 1 amide bonds. The van der Waals surface area contributed by atoms with Crippen molar-refractivity contribution in [2.24, 2.45) is 0 Å². The van der Waals surface area contributed by atoms with Crippen LogP contribution in [0.4, 0.5) is 4.39 Å². The number of hydrogen-bond donors (Lipinski definition) is 2. The molecule has 31 heavy (non-hydrogen) atoms. The number of amides is 1. The van der Waals surface area contributed by atoms with E-state index in [-0.39, 0.29) is 11.1 Å². The van der Waals surface area contributed by atoms with E-state index in [1.165, 1.54) is 31.2 Å². The molecule has 2 aromatic rings. The first-order valence-corrected chi connectivity index (χ1v) is 9.59. The van der Waals surface area contributed by atoms with Gasteiger partial charge < -0.3 is 24.6 Å². The average molecular weight is 431 g/mol. The summed E-state index contributed by atoms with van der Waals surface area (Å²) in [6.07, 6.45) is -6.66. The highest BCUT2D eigenvalue weighted by Crippen LogP contribution is 2.26. The fourth-order valence-electron chi connectivity index (χ4n) is 3.15. The molecule has 5 atom stereocenters. The molecule has 1 saturated heterocycles. The monoisotopic (exact) mass is 431 g/mol. The van der Waals surface area contributed by atoms with E-state index in [0.717, 1.165) is 0 Å². The maximum absolute atomic E-state index is 15.3. The Morgan fingerprint density at radius 3 is 2.10 bits per heavy atom. The van der Waals surface area contributed by atoms with Crippen molar-refractivity contribution in [2.75, 3.05) is 6.61 Å². The van der Waals surface area contributed by atoms with Crippen LogP contribution in [0, 0.1) is 0 Å². The minimum absolute atomic E-state index is 0.171. The summed E-state index contributed by atoms with van der Waals surface area (Å²) < 4.78 is 30.9. The lowest BCUT2D eigenvalue weighted by atomic mass is 9.97. The van der Waals surface area contributed by atoms with Gasteiger partial charge in [-0.05, 0) is 24.3 Å². The first-order valence-electron chi connectivity index (χ1n) is 9.59. The highest BCUT2D eigenvalue weighted by molar-refractivity contribution is 5.90. The standard InChI is InChI=1S/C22H22FNO7/c1-13(25)24-18-19(31-21(27)15-10-6-3-7-11-15)17(23)16(30-22(18)28)12-29-20(26)14-8-4-2-5-9-14/h2-11,16-19,22,28H,12H2,1H3,(H,24,25)/t16-,17-,18+,19+,22+/m1/s1. The first-order chi connectivity index (χ1) is 14.9. The van der Waals surface area contributed by atoms with Gasteiger partial charge in [-0.25, -0.2) is 14.0 Å². The number of carbonyl (C=O) groups excluding carboxylic acids is 3. The quantitative estimate of drug-likeness (QED) is 0.669. The van der Waals surface area contributed by atoms with E-state index < -0.39 is 55.2 Å². The number of hydrogen-bond acceptors (Lipinski definition) is 7. The van der Waals surface area contributed by atoms with Gasteiger partial charge in [0.1, 0.15) is 18.8 Å². The number of aliphatic hydroxyl groups is 1. The van der Waals surface area contributed by atoms with E-state index in [4.69, 9.17) is 14.2 Å². The molecule has 0 unspecified atom stereocenters. The first kappa shape index (κ1) is 22.4. The van der Waals surface area contributed by atoms with E-state index in [1.54, 1.807) is 36.4 Å². The van der Waals surface area contributed by atoms with Crippen molar-refractivity contribution >= 4 is 17.8 Å². The van der Waals surface area contributed by atoms with E-state index in [0.29, 0.717) is 0 Å². The molecule has 1 aliphatic rings. The molecule has 9 heteroatoms. The van der Waals surface area contributed by atoms with Gasteiger partial charge in [-0.1, -0.05) is 36.4 Å². The molecule has 1 fully saturated rings. The SMILES string of the molecule is CC(=O)N[C@H]1[C@@H](OC(=O)c2ccccc2)[C@H](F)[C@@H](COC(=O)c2ccccc2)O[C@@H]1O. The van der Waals surface area contributed by atoms with Crippen LogP contribution in [0.15, 0.2) is 60.7 Å². The normalized spacial score (nSPS) is 25.3. The van der Waals surface area contributed by atoms with E-state index in [2.05, 4.69) is 5.32 Å². The Labute approximate surface area is 177 Å². The number of esters is 2. The average Bonchev–Trinajstić information content (AvgIpc) is 2.78. The lowest BCUT2D eigenvalue weighted by Gasteiger charge is -2.41. The molecule has 0 aliphatic carbocycles. The molecule has 0 bridgehead atoms. The van der Waals surface area contributed by atoms with E-state index in [1.807, 2.05) is 0 Å². The molecule has 0 aromatic heterocycles. The molecule has 0 spiro atoms. The van der Waals surface area contributed by atoms with Crippen LogP contribution < -0.4 is 5.32 Å². The van der Waals surface area contributed by atoms with Crippen LogP contribution in [0.5, 0.6) is 0 Å². The zero-order chi connectivity index (χ0) is 22.4. The predicted molar refractivity (Wildman–Crippen MR) is 106 cm³/mol. The third-order valence-corrected chi connectivity index (χ3v) is 4.66. The van der Waals surface area contributed by atoms with E-state index in [9.17, 15) is 19.5 Å². The third-order valence-electron chi connectivity index (χ3n) is 4.66. The van der Waals surface area contributed by atoms with Gasteiger partial charge in [-0.2, -0.15) is 0 Å². The summed E-state index contributed by atoms with van der Waals surface area (Å²) in [6, 6.07) is 14.6. The third kappa shape index (κ3) is 5.65. The highest BCUT2D eigenvalue weighted by atomic mass is 19.1. The second kappa shape index (κ2) is 10.1. The fraction of sp³-hybridized carbons (Fsp3) is 0.318. The maximum Gasteiger partial charge on any atom is 0.338 e. The number of halogens is 1. The summed E-state index contributed by atoms with van der Waals surface area (Å²) in [4.78, 5) is 36.1. The second-order valence-corrected chi connectivity index (χ2v) is 6.94. The molecule has 1 aliphatic heterocycles. The van der Waals surface area contributed by atoms with E-state index >= 15 is 4.39 Å². The van der Waals surface area contributed by atoms with Crippen LogP contribution in [0.2, 0.25) is 0 Å². The van der Waals surface area contributed by atoms with Gasteiger partial charge in [0.15, 0.2) is 18.6 Å². The van der Waals surface area contributed by atoms with Crippen molar-refractivity contribution in [1.29, 1.82) is 0 Å². The van der Waals surface area contributed by atoms with Gasteiger partial charge in [0.25, 0.3) is 0 Å². The van der Waals surface area contributed by atoms with Crippen LogP contribution in [-0.4, -0.2) is 60.3 Å². The van der Waals surface area contributed by atoms with Crippen molar-refractivity contribution in [3.05, 3.63) is 71.8 Å². The summed E-state index contributed by atoms with van der Waals surface area (Å²) in [5, 5.41) is 12.6. The lowest BCUT2D eigenvalue weighted by Crippen LogP contribution is -2.64. The summed E-state index contributed by atoms with van der Waals surface area (Å²) in [6.45, 7) is 0.641. The number of aliphatic hydroxyl groups excluding tert-OH is 1. The van der Waals surface area contributed by atoms with Gasteiger partial charge in [0.2, 0.25) is 5.91 Å². The molecule has 164 valence electrons. The largest absolute Gasteiger partial charge is 0.459 e. The number of rotatable bonds is 6. The Morgan fingerprint density at radius 1 is 1.00 bits per heavy atom. The second-order valence-electron chi connectivity index (χ2n) is 6.94. The van der Waals surface area contributed by atoms with Crippen molar-refractivity contribution in [3.63, 3.8) is 0 Å². The van der Waals surface area contributed by atoms with Crippen LogP contribution >= 0.6 is 0 Å². The number of nitrogens with one attached hydrogen (secondary N) is 1. The summed E-state index contributed by atoms with van der Waals surface area (Å²) >= 11 is 0. The minimum atomic E-state index is -1.99. The maximum atomic E-state index is 15.3. The zero-order valence-electron chi connectivity index (χ0n) is 16.6. The summed E-state index contributed by atoms with van der Waals surface area (Å²) in [7, 11) is 0. The Morgan fingerprint density at radius 2 is 1.55 bits per heavy atom. The highest BCUT2D eigenvalue weighted by Gasteiger charge is 2.49. The number of alkyl halides is 1. The molecule has 0 radical (unpaired) electrons. The summed E-state index contributed by atoms with van der Waals surface area (Å²) in [5.41, 5.74) is 0.432. The van der Waals surface area contributed by atoms with Gasteiger partial charge in [-0.15, -0.1) is 0 Å². The number of ether oxygens (including phenoxy) is 3. The molecule has 2 N–H and O–H groups in total. The summed E-state index contributed by atoms with van der Waals surface area (Å²) in [5.74, 6) is -2.11. The molecular formula is C22H22FNO7. The van der Waals surface area contributed by atoms with Crippen LogP contribution in [0.1, 0.15) is 27.6 Å². The molecular weight excluding hydrogens is 409 g/mol. The van der Waals surface area contributed by atoms with Gasteiger partial charge in [0.05, 0.1) is 11.1 Å². The Kier molecular flexibility index (Phi) is 7.32. The topological polar surface area (TPSA) is 111 Å². The van der Waals surface area contributed by atoms with Crippen molar-refractivity contribution in [2.45, 2.75) is 37.6 Å². The molecule has 1 heterocycles. The lowest BCUT2D eigenvalue weighted by molar-refractivity contribution is -0.240. The van der Waals surface area contributed by atoms with Crippen molar-refractivity contribution in [3.8, 4) is 0 Å². The minimum Gasteiger partial charge on any atom is -0.459 e.